The molecule has 0 atom stereocenters. The lowest BCUT2D eigenvalue weighted by Crippen LogP contribution is -2.28. The van der Waals surface area contributed by atoms with Gasteiger partial charge >= 0.3 is 0 Å². The van der Waals surface area contributed by atoms with Gasteiger partial charge in [0.15, 0.2) is 5.69 Å². The van der Waals surface area contributed by atoms with Gasteiger partial charge in [-0.15, -0.1) is 0 Å². The topological polar surface area (TPSA) is 96.6 Å². The first-order valence-corrected chi connectivity index (χ1v) is 7.72. The first kappa shape index (κ1) is 16.4. The second-order valence-electron chi connectivity index (χ2n) is 5.31. The number of aromatic nitrogens is 2. The third-order valence-electron chi connectivity index (χ3n) is 3.63. The molecule has 1 aromatic heterocycles. The molecule has 0 aliphatic carbocycles. The fraction of sp³-hybridized carbons (Fsp3) is 0.111. The standard InChI is InChI=1S/C18H16N4O3/c1-2-22-18(25)15-9-4-3-8-14(15)16(21-22)17(24)20-19-11-12-6-5-7-13(23)10-12/h3-11,23H,2H2,1H3,(H,20,24)/b19-11+. The van der Waals surface area contributed by atoms with Gasteiger partial charge in [-0.05, 0) is 30.7 Å². The highest BCUT2D eigenvalue weighted by atomic mass is 16.3. The Kier molecular flexibility index (Phi) is 4.56. The van der Waals surface area contributed by atoms with E-state index in [0.29, 0.717) is 22.9 Å². The molecule has 7 heteroatoms. The van der Waals surface area contributed by atoms with Crippen LogP contribution < -0.4 is 11.0 Å². The number of carbonyl (C=O) groups excluding carboxylic acids is 1. The highest BCUT2D eigenvalue weighted by molar-refractivity contribution is 6.04. The van der Waals surface area contributed by atoms with E-state index in [1.54, 1.807) is 49.4 Å². The lowest BCUT2D eigenvalue weighted by molar-refractivity contribution is 0.0949. The van der Waals surface area contributed by atoms with Crippen molar-refractivity contribution in [3.8, 4) is 5.75 Å². The maximum Gasteiger partial charge on any atom is 0.292 e. The summed E-state index contributed by atoms with van der Waals surface area (Å²) >= 11 is 0. The Bertz CT molecular complexity index is 1020. The lowest BCUT2D eigenvalue weighted by Gasteiger charge is -2.08. The number of aromatic hydroxyl groups is 1. The number of carbonyl (C=O) groups is 1. The fourth-order valence-corrected chi connectivity index (χ4v) is 2.44. The van der Waals surface area contributed by atoms with Gasteiger partial charge in [0, 0.05) is 11.9 Å². The van der Waals surface area contributed by atoms with Crippen LogP contribution in [0.25, 0.3) is 10.8 Å². The Morgan fingerprint density at radius 3 is 2.72 bits per heavy atom. The Hall–Kier alpha value is -3.48. The van der Waals surface area contributed by atoms with Crippen LogP contribution in [0.1, 0.15) is 23.0 Å². The molecule has 0 aliphatic heterocycles. The Morgan fingerprint density at radius 1 is 1.24 bits per heavy atom. The Labute approximate surface area is 143 Å². The number of hydrazone groups is 1. The zero-order chi connectivity index (χ0) is 17.8. The molecule has 2 N–H and O–H groups in total. The van der Waals surface area contributed by atoms with E-state index >= 15 is 0 Å². The number of nitrogens with zero attached hydrogens (tertiary/aromatic N) is 3. The average molecular weight is 336 g/mol. The van der Waals surface area contributed by atoms with Crippen LogP contribution in [-0.4, -0.2) is 27.0 Å². The first-order chi connectivity index (χ1) is 12.1. The van der Waals surface area contributed by atoms with Gasteiger partial charge in [-0.1, -0.05) is 30.3 Å². The van der Waals surface area contributed by atoms with Gasteiger partial charge in [0.05, 0.1) is 11.6 Å². The number of rotatable bonds is 4. The third-order valence-corrected chi connectivity index (χ3v) is 3.63. The molecule has 0 saturated carbocycles. The number of fused-ring (bicyclic) bond motifs is 1. The Balaban J connectivity index is 1.92. The average Bonchev–Trinajstić information content (AvgIpc) is 2.62. The van der Waals surface area contributed by atoms with E-state index in [4.69, 9.17) is 0 Å². The summed E-state index contributed by atoms with van der Waals surface area (Å²) in [5.41, 5.74) is 2.93. The monoisotopic (exact) mass is 336 g/mol. The second kappa shape index (κ2) is 6.96. The Morgan fingerprint density at radius 2 is 2.00 bits per heavy atom. The van der Waals surface area contributed by atoms with Gasteiger partial charge < -0.3 is 5.11 Å². The van der Waals surface area contributed by atoms with E-state index in [0.717, 1.165) is 0 Å². The van der Waals surface area contributed by atoms with Crippen molar-refractivity contribution in [2.45, 2.75) is 13.5 Å². The molecule has 3 aromatic rings. The van der Waals surface area contributed by atoms with E-state index in [2.05, 4.69) is 15.6 Å². The zero-order valence-electron chi connectivity index (χ0n) is 13.5. The zero-order valence-corrected chi connectivity index (χ0v) is 13.5. The van der Waals surface area contributed by atoms with E-state index in [-0.39, 0.29) is 17.0 Å². The normalized spacial score (nSPS) is 11.1. The summed E-state index contributed by atoms with van der Waals surface area (Å²) in [7, 11) is 0. The molecular weight excluding hydrogens is 320 g/mol. The van der Waals surface area contributed by atoms with Crippen molar-refractivity contribution >= 4 is 22.9 Å². The number of amides is 1. The summed E-state index contributed by atoms with van der Waals surface area (Å²) in [6.07, 6.45) is 1.41. The number of phenols is 1. The van der Waals surface area contributed by atoms with Crippen molar-refractivity contribution < 1.29 is 9.90 Å². The SMILES string of the molecule is CCn1nc(C(=O)N/N=C/c2cccc(O)c2)c2ccccc2c1=O. The van der Waals surface area contributed by atoms with Gasteiger partial charge in [0.2, 0.25) is 0 Å². The van der Waals surface area contributed by atoms with Crippen molar-refractivity contribution in [2.75, 3.05) is 0 Å². The highest BCUT2D eigenvalue weighted by Crippen LogP contribution is 2.13. The van der Waals surface area contributed by atoms with Crippen LogP contribution in [0.15, 0.2) is 58.4 Å². The van der Waals surface area contributed by atoms with Crippen molar-refractivity contribution in [2.24, 2.45) is 5.10 Å². The molecule has 126 valence electrons. The summed E-state index contributed by atoms with van der Waals surface area (Å²) < 4.78 is 1.25. The number of hydrogen-bond donors (Lipinski definition) is 2. The summed E-state index contributed by atoms with van der Waals surface area (Å²) in [5.74, 6) is -0.409. The molecule has 0 unspecified atom stereocenters. The van der Waals surface area contributed by atoms with Crippen LogP contribution in [-0.2, 0) is 6.54 Å². The molecule has 0 fully saturated rings. The first-order valence-electron chi connectivity index (χ1n) is 7.72. The van der Waals surface area contributed by atoms with Crippen LogP contribution in [0.5, 0.6) is 5.75 Å². The highest BCUT2D eigenvalue weighted by Gasteiger charge is 2.15. The van der Waals surface area contributed by atoms with Gasteiger partial charge in [-0.3, -0.25) is 9.59 Å². The van der Waals surface area contributed by atoms with Crippen molar-refractivity contribution in [3.05, 3.63) is 70.1 Å². The quantitative estimate of drug-likeness (QED) is 0.561. The lowest BCUT2D eigenvalue weighted by atomic mass is 10.1. The molecular formula is C18H16N4O3. The molecule has 0 saturated heterocycles. The van der Waals surface area contributed by atoms with Crippen LogP contribution in [0.3, 0.4) is 0 Å². The van der Waals surface area contributed by atoms with E-state index in [1.807, 2.05) is 0 Å². The molecule has 0 aliphatic rings. The molecule has 0 radical (unpaired) electrons. The van der Waals surface area contributed by atoms with Crippen LogP contribution in [0.4, 0.5) is 0 Å². The number of hydrogen-bond acceptors (Lipinski definition) is 5. The number of benzene rings is 2. The maximum absolute atomic E-state index is 12.4. The minimum absolute atomic E-state index is 0.109. The summed E-state index contributed by atoms with van der Waals surface area (Å²) in [4.78, 5) is 24.7. The molecule has 1 heterocycles. The molecule has 0 bridgehead atoms. The van der Waals surface area contributed by atoms with Crippen LogP contribution in [0.2, 0.25) is 0 Å². The van der Waals surface area contributed by atoms with Crippen molar-refractivity contribution in [1.29, 1.82) is 0 Å². The largest absolute Gasteiger partial charge is 0.508 e. The van der Waals surface area contributed by atoms with Gasteiger partial charge in [-0.25, -0.2) is 10.1 Å². The van der Waals surface area contributed by atoms with Crippen LogP contribution in [0, 0.1) is 0 Å². The summed E-state index contributed by atoms with van der Waals surface area (Å²) in [6.45, 7) is 2.14. The minimum Gasteiger partial charge on any atom is -0.508 e. The number of phenolic OH excluding ortho intramolecular Hbond substituents is 1. The third kappa shape index (κ3) is 3.40. The van der Waals surface area contributed by atoms with Gasteiger partial charge in [0.25, 0.3) is 11.5 Å². The van der Waals surface area contributed by atoms with Gasteiger partial charge in [-0.2, -0.15) is 10.2 Å². The smallest absolute Gasteiger partial charge is 0.292 e. The minimum atomic E-state index is -0.519. The molecule has 0 spiro atoms. The van der Waals surface area contributed by atoms with Gasteiger partial charge in [0.1, 0.15) is 5.75 Å². The predicted molar refractivity (Wildman–Crippen MR) is 94.8 cm³/mol. The summed E-state index contributed by atoms with van der Waals surface area (Å²) in [6, 6.07) is 13.3. The second-order valence-corrected chi connectivity index (χ2v) is 5.31. The predicted octanol–water partition coefficient (Wildman–Crippen LogP) is 1.89. The molecule has 25 heavy (non-hydrogen) atoms. The van der Waals surface area contributed by atoms with E-state index in [9.17, 15) is 14.7 Å². The van der Waals surface area contributed by atoms with Crippen molar-refractivity contribution in [3.63, 3.8) is 0 Å². The maximum atomic E-state index is 12.4. The number of aryl methyl sites for hydroxylation is 1. The molecule has 3 rings (SSSR count). The molecule has 2 aromatic carbocycles. The van der Waals surface area contributed by atoms with Crippen molar-refractivity contribution in [1.82, 2.24) is 15.2 Å². The van der Waals surface area contributed by atoms with E-state index < -0.39 is 5.91 Å². The van der Waals surface area contributed by atoms with E-state index in [1.165, 1.54) is 17.0 Å². The number of nitrogens with one attached hydrogen (secondary N) is 1. The molecule has 1 amide bonds. The fourth-order valence-electron chi connectivity index (χ4n) is 2.44. The summed E-state index contributed by atoms with van der Waals surface area (Å²) in [5, 5.41) is 18.3. The van der Waals surface area contributed by atoms with Crippen LogP contribution >= 0.6 is 0 Å². The molecule has 7 nitrogen and oxygen atoms in total.